The number of nitrogens with zero attached hydrogens (tertiary/aromatic N) is 1. The fourth-order valence-corrected chi connectivity index (χ4v) is 2.46. The maximum atomic E-state index is 5.90. The van der Waals surface area contributed by atoms with Crippen molar-refractivity contribution in [2.45, 2.75) is 25.4 Å². The smallest absolute Gasteiger partial charge is 0.106 e. The summed E-state index contributed by atoms with van der Waals surface area (Å²) in [6, 6.07) is 0. The molecular formula is C9H14Cl2N2S. The molecular weight excluding hydrogens is 239 g/mol. The minimum atomic E-state index is -0.158. The van der Waals surface area contributed by atoms with Crippen molar-refractivity contribution < 1.29 is 0 Å². The van der Waals surface area contributed by atoms with Crippen LogP contribution in [0.3, 0.4) is 0 Å². The Kier molecular flexibility index (Phi) is 5.17. The topological polar surface area (TPSA) is 24.9 Å². The van der Waals surface area contributed by atoms with Gasteiger partial charge in [-0.05, 0) is 6.42 Å². The van der Waals surface area contributed by atoms with Crippen LogP contribution in [0.2, 0.25) is 0 Å². The van der Waals surface area contributed by atoms with Crippen molar-refractivity contribution >= 4 is 34.5 Å². The Bertz CT molecular complexity index is 239. The first-order valence-corrected chi connectivity index (χ1v) is 6.46. The molecule has 1 aromatic rings. The third kappa shape index (κ3) is 3.09. The molecule has 0 aliphatic heterocycles. The van der Waals surface area contributed by atoms with Crippen molar-refractivity contribution in [3.8, 4) is 0 Å². The highest BCUT2D eigenvalue weighted by Crippen LogP contribution is 2.16. The van der Waals surface area contributed by atoms with Gasteiger partial charge in [0.15, 0.2) is 0 Å². The largest absolute Gasteiger partial charge is 0.303 e. The minimum Gasteiger partial charge on any atom is -0.303 e. The molecule has 0 atom stereocenters. The Morgan fingerprint density at radius 2 is 2.21 bits per heavy atom. The summed E-state index contributed by atoms with van der Waals surface area (Å²) in [5, 5.41) is 6.40. The van der Waals surface area contributed by atoms with Gasteiger partial charge in [0.25, 0.3) is 0 Å². The van der Waals surface area contributed by atoms with Gasteiger partial charge in [-0.2, -0.15) is 0 Å². The Hall–Kier alpha value is 0.170. The highest BCUT2D eigenvalue weighted by Gasteiger charge is 2.25. The third-order valence-corrected chi connectivity index (χ3v) is 4.09. The predicted octanol–water partition coefficient (Wildman–Crippen LogP) is 2.86. The van der Waals surface area contributed by atoms with E-state index >= 15 is 0 Å². The standard InChI is InChI=1S/C9H14Cl2N2S/c1-2-9(6-10,7-11)13-5-8-12-3-4-14-8/h3-4,13H,2,5-7H2,1H3. The number of hydrogen-bond donors (Lipinski definition) is 1. The lowest BCUT2D eigenvalue weighted by Gasteiger charge is -2.29. The average Bonchev–Trinajstić information content (AvgIpc) is 2.74. The van der Waals surface area contributed by atoms with E-state index in [1.807, 2.05) is 5.38 Å². The number of thiazole rings is 1. The lowest BCUT2D eigenvalue weighted by Crippen LogP contribution is -2.47. The van der Waals surface area contributed by atoms with Crippen LogP contribution < -0.4 is 5.32 Å². The van der Waals surface area contributed by atoms with Crippen LogP contribution in [0.1, 0.15) is 18.4 Å². The summed E-state index contributed by atoms with van der Waals surface area (Å²) >= 11 is 13.4. The van der Waals surface area contributed by atoms with E-state index in [9.17, 15) is 0 Å². The molecule has 5 heteroatoms. The summed E-state index contributed by atoms with van der Waals surface area (Å²) < 4.78 is 0. The normalized spacial score (nSPS) is 11.9. The van der Waals surface area contributed by atoms with Gasteiger partial charge in [-0.1, -0.05) is 6.92 Å². The molecule has 1 heterocycles. The van der Waals surface area contributed by atoms with E-state index in [2.05, 4.69) is 17.2 Å². The zero-order chi connectivity index (χ0) is 10.4. The summed E-state index contributed by atoms with van der Waals surface area (Å²) in [6.45, 7) is 2.82. The first-order chi connectivity index (χ1) is 6.76. The second-order valence-corrected chi connectivity index (χ2v) is 4.69. The van der Waals surface area contributed by atoms with E-state index in [4.69, 9.17) is 23.2 Å². The number of aromatic nitrogens is 1. The van der Waals surface area contributed by atoms with Crippen LogP contribution in [-0.2, 0) is 6.54 Å². The van der Waals surface area contributed by atoms with Gasteiger partial charge in [0.1, 0.15) is 5.01 Å². The van der Waals surface area contributed by atoms with Crippen LogP contribution in [-0.4, -0.2) is 22.3 Å². The molecule has 14 heavy (non-hydrogen) atoms. The lowest BCUT2D eigenvalue weighted by atomic mass is 10.0. The van der Waals surface area contributed by atoms with Crippen LogP contribution >= 0.6 is 34.5 Å². The quantitative estimate of drug-likeness (QED) is 0.788. The number of halogens is 2. The van der Waals surface area contributed by atoms with Crippen molar-refractivity contribution in [3.05, 3.63) is 16.6 Å². The van der Waals surface area contributed by atoms with Gasteiger partial charge in [0.2, 0.25) is 0 Å². The molecule has 1 aromatic heterocycles. The summed E-state index contributed by atoms with van der Waals surface area (Å²) in [5.74, 6) is 1.05. The van der Waals surface area contributed by atoms with Gasteiger partial charge in [-0.25, -0.2) is 4.98 Å². The summed E-state index contributed by atoms with van der Waals surface area (Å²) in [7, 11) is 0. The first-order valence-electron chi connectivity index (χ1n) is 4.51. The fourth-order valence-electron chi connectivity index (χ4n) is 1.05. The molecule has 0 unspecified atom stereocenters. The first kappa shape index (κ1) is 12.2. The van der Waals surface area contributed by atoms with Gasteiger partial charge < -0.3 is 5.32 Å². The van der Waals surface area contributed by atoms with Crippen LogP contribution in [0.4, 0.5) is 0 Å². The number of nitrogens with one attached hydrogen (secondary N) is 1. The molecule has 1 rings (SSSR count). The summed E-state index contributed by atoms with van der Waals surface area (Å²) in [6.07, 6.45) is 2.72. The molecule has 0 aliphatic rings. The summed E-state index contributed by atoms with van der Waals surface area (Å²) in [5.41, 5.74) is -0.158. The van der Waals surface area contributed by atoms with Crippen molar-refractivity contribution in [2.24, 2.45) is 0 Å². The molecule has 0 saturated heterocycles. The van der Waals surface area contributed by atoms with E-state index in [1.54, 1.807) is 17.5 Å². The van der Waals surface area contributed by atoms with Crippen LogP contribution in [0.15, 0.2) is 11.6 Å². The highest BCUT2D eigenvalue weighted by molar-refractivity contribution is 7.09. The number of rotatable bonds is 6. The van der Waals surface area contributed by atoms with E-state index in [0.29, 0.717) is 11.8 Å². The maximum Gasteiger partial charge on any atom is 0.106 e. The molecule has 0 aromatic carbocycles. The van der Waals surface area contributed by atoms with Gasteiger partial charge in [0, 0.05) is 35.4 Å². The van der Waals surface area contributed by atoms with Crippen LogP contribution in [0.5, 0.6) is 0 Å². The Morgan fingerprint density at radius 3 is 2.64 bits per heavy atom. The van der Waals surface area contributed by atoms with E-state index in [0.717, 1.165) is 18.0 Å². The lowest BCUT2D eigenvalue weighted by molar-refractivity contribution is 0.384. The van der Waals surface area contributed by atoms with Crippen molar-refractivity contribution in [3.63, 3.8) is 0 Å². The molecule has 0 radical (unpaired) electrons. The number of alkyl halides is 2. The Balaban J connectivity index is 2.48. The monoisotopic (exact) mass is 252 g/mol. The highest BCUT2D eigenvalue weighted by atomic mass is 35.5. The average molecular weight is 253 g/mol. The third-order valence-electron chi connectivity index (χ3n) is 2.29. The molecule has 0 bridgehead atoms. The fraction of sp³-hybridized carbons (Fsp3) is 0.667. The zero-order valence-electron chi connectivity index (χ0n) is 8.09. The number of hydrogen-bond acceptors (Lipinski definition) is 3. The van der Waals surface area contributed by atoms with Gasteiger partial charge >= 0.3 is 0 Å². The van der Waals surface area contributed by atoms with E-state index in [-0.39, 0.29) is 5.54 Å². The van der Waals surface area contributed by atoms with Crippen LogP contribution in [0.25, 0.3) is 0 Å². The van der Waals surface area contributed by atoms with E-state index in [1.165, 1.54) is 0 Å². The maximum absolute atomic E-state index is 5.90. The minimum absolute atomic E-state index is 0.158. The summed E-state index contributed by atoms with van der Waals surface area (Å²) in [4.78, 5) is 4.19. The van der Waals surface area contributed by atoms with Gasteiger partial charge in [-0.3, -0.25) is 0 Å². The molecule has 1 N–H and O–H groups in total. The molecule has 0 saturated carbocycles. The van der Waals surface area contributed by atoms with Gasteiger partial charge in [0.05, 0.1) is 0 Å². The van der Waals surface area contributed by atoms with Crippen molar-refractivity contribution in [1.82, 2.24) is 10.3 Å². The molecule has 0 amide bonds. The molecule has 2 nitrogen and oxygen atoms in total. The van der Waals surface area contributed by atoms with Crippen LogP contribution in [0, 0.1) is 0 Å². The predicted molar refractivity (Wildman–Crippen MR) is 63.4 cm³/mol. The second kappa shape index (κ2) is 5.91. The molecule has 0 aliphatic carbocycles. The van der Waals surface area contributed by atoms with Crippen molar-refractivity contribution in [2.75, 3.05) is 11.8 Å². The van der Waals surface area contributed by atoms with Crippen molar-refractivity contribution in [1.29, 1.82) is 0 Å². The SMILES string of the molecule is CCC(CCl)(CCl)NCc1nccs1. The second-order valence-electron chi connectivity index (χ2n) is 3.18. The molecule has 0 spiro atoms. The molecule has 0 fully saturated rings. The Morgan fingerprint density at radius 1 is 1.50 bits per heavy atom. The van der Waals surface area contributed by atoms with Gasteiger partial charge in [-0.15, -0.1) is 34.5 Å². The molecule has 80 valence electrons. The van der Waals surface area contributed by atoms with E-state index < -0.39 is 0 Å². The Labute approximate surface area is 98.6 Å². The zero-order valence-corrected chi connectivity index (χ0v) is 10.4.